The fourth-order valence-electron chi connectivity index (χ4n) is 3.67. The lowest BCUT2D eigenvalue weighted by Gasteiger charge is -2.26. The number of benzene rings is 2. The minimum absolute atomic E-state index is 0.0643. The number of amides is 2. The number of carbonyl (C=O) groups is 2. The molecular weight excluding hydrogens is 376 g/mol. The van der Waals surface area contributed by atoms with Crippen molar-refractivity contribution in [2.45, 2.75) is 51.9 Å². The highest BCUT2D eigenvalue weighted by molar-refractivity contribution is 6.06. The molecule has 5 heteroatoms. The molecule has 0 aliphatic carbocycles. The van der Waals surface area contributed by atoms with E-state index in [1.807, 2.05) is 23.1 Å². The van der Waals surface area contributed by atoms with Gasteiger partial charge in [-0.3, -0.25) is 9.59 Å². The lowest BCUT2D eigenvalue weighted by molar-refractivity contribution is 0.0724. The third-order valence-corrected chi connectivity index (χ3v) is 5.42. The van der Waals surface area contributed by atoms with E-state index in [4.69, 9.17) is 4.74 Å². The minimum atomic E-state index is -0.214. The van der Waals surface area contributed by atoms with Crippen molar-refractivity contribution in [2.24, 2.45) is 0 Å². The molecule has 0 atom stereocenters. The first-order valence-corrected chi connectivity index (χ1v) is 11.1. The first-order chi connectivity index (χ1) is 14.7. The van der Waals surface area contributed by atoms with Crippen molar-refractivity contribution in [3.05, 3.63) is 59.7 Å². The molecule has 160 valence electrons. The first kappa shape index (κ1) is 21.9. The van der Waals surface area contributed by atoms with Gasteiger partial charge in [-0.15, -0.1) is 0 Å². The van der Waals surface area contributed by atoms with Gasteiger partial charge in [0.2, 0.25) is 0 Å². The smallest absolute Gasteiger partial charge is 0.259 e. The highest BCUT2D eigenvalue weighted by Crippen LogP contribution is 2.21. The molecule has 0 unspecified atom stereocenters. The van der Waals surface area contributed by atoms with Gasteiger partial charge in [-0.2, -0.15) is 0 Å². The van der Waals surface area contributed by atoms with Crippen LogP contribution in [0.2, 0.25) is 0 Å². The van der Waals surface area contributed by atoms with Crippen LogP contribution in [0.4, 0.5) is 5.69 Å². The van der Waals surface area contributed by atoms with E-state index in [9.17, 15) is 9.59 Å². The van der Waals surface area contributed by atoms with Crippen LogP contribution < -0.4 is 10.1 Å². The number of anilines is 1. The van der Waals surface area contributed by atoms with E-state index in [1.165, 1.54) is 19.3 Å². The zero-order valence-electron chi connectivity index (χ0n) is 17.9. The minimum Gasteiger partial charge on any atom is -0.493 e. The second-order valence-corrected chi connectivity index (χ2v) is 7.79. The number of rotatable bonds is 9. The molecular formula is C25H32N2O3. The van der Waals surface area contributed by atoms with Gasteiger partial charge in [0.15, 0.2) is 0 Å². The van der Waals surface area contributed by atoms with Gasteiger partial charge >= 0.3 is 0 Å². The van der Waals surface area contributed by atoms with Crippen molar-refractivity contribution in [3.8, 4) is 5.75 Å². The molecule has 0 saturated carbocycles. The number of unbranched alkanes of at least 4 members (excludes halogenated alkanes) is 3. The van der Waals surface area contributed by atoms with E-state index in [-0.39, 0.29) is 11.8 Å². The van der Waals surface area contributed by atoms with Crippen molar-refractivity contribution < 1.29 is 14.3 Å². The topological polar surface area (TPSA) is 58.6 Å². The average Bonchev–Trinajstić information content (AvgIpc) is 2.80. The first-order valence-electron chi connectivity index (χ1n) is 11.1. The van der Waals surface area contributed by atoms with E-state index in [2.05, 4.69) is 12.2 Å². The van der Waals surface area contributed by atoms with Crippen LogP contribution in [0.1, 0.15) is 72.6 Å². The van der Waals surface area contributed by atoms with E-state index < -0.39 is 0 Å². The summed E-state index contributed by atoms with van der Waals surface area (Å²) in [6, 6.07) is 14.4. The summed E-state index contributed by atoms with van der Waals surface area (Å²) in [5.74, 6) is 0.451. The van der Waals surface area contributed by atoms with Crippen molar-refractivity contribution in [1.82, 2.24) is 4.90 Å². The highest BCUT2D eigenvalue weighted by Gasteiger charge is 2.18. The van der Waals surface area contributed by atoms with Crippen LogP contribution >= 0.6 is 0 Å². The van der Waals surface area contributed by atoms with Crippen molar-refractivity contribution in [1.29, 1.82) is 0 Å². The summed E-state index contributed by atoms with van der Waals surface area (Å²) < 4.78 is 5.85. The predicted octanol–water partition coefficient (Wildman–Crippen LogP) is 5.52. The summed E-state index contributed by atoms with van der Waals surface area (Å²) in [4.78, 5) is 27.3. The lowest BCUT2D eigenvalue weighted by atomic mass is 10.1. The summed E-state index contributed by atoms with van der Waals surface area (Å²) in [5, 5.41) is 2.91. The number of nitrogens with one attached hydrogen (secondary N) is 1. The number of hydrogen-bond acceptors (Lipinski definition) is 3. The van der Waals surface area contributed by atoms with E-state index in [0.717, 1.165) is 38.8 Å². The standard InChI is InChI=1S/C25H32N2O3/c1-2-3-4-10-19-30-23-12-7-6-11-22(23)24(28)26-21-15-13-20(14-16-21)25(29)27-17-8-5-9-18-27/h6-7,11-16H,2-5,8-10,17-19H2,1H3,(H,26,28). The fraction of sp³-hybridized carbons (Fsp3) is 0.440. The van der Waals surface area contributed by atoms with Crippen LogP contribution in [0.25, 0.3) is 0 Å². The molecule has 2 aromatic rings. The van der Waals surface area contributed by atoms with Gasteiger partial charge < -0.3 is 15.0 Å². The summed E-state index contributed by atoms with van der Waals surface area (Å²) in [6.07, 6.45) is 7.82. The largest absolute Gasteiger partial charge is 0.493 e. The Hall–Kier alpha value is -2.82. The van der Waals surface area contributed by atoms with E-state index >= 15 is 0 Å². The van der Waals surface area contributed by atoms with Crippen LogP contribution in [0.5, 0.6) is 5.75 Å². The number of nitrogens with zero attached hydrogens (tertiary/aromatic N) is 1. The highest BCUT2D eigenvalue weighted by atomic mass is 16.5. The molecule has 0 radical (unpaired) electrons. The Morgan fingerprint density at radius 2 is 1.67 bits per heavy atom. The van der Waals surface area contributed by atoms with Crippen LogP contribution in [-0.2, 0) is 0 Å². The summed E-state index contributed by atoms with van der Waals surface area (Å²) >= 11 is 0. The number of carbonyl (C=O) groups excluding carboxylic acids is 2. The third kappa shape index (κ3) is 6.09. The monoisotopic (exact) mass is 408 g/mol. The maximum Gasteiger partial charge on any atom is 0.259 e. The molecule has 2 amide bonds. The van der Waals surface area contributed by atoms with Gasteiger partial charge in [0.25, 0.3) is 11.8 Å². The van der Waals surface area contributed by atoms with Crippen LogP contribution in [0.15, 0.2) is 48.5 Å². The number of ether oxygens (including phenoxy) is 1. The Bertz CT molecular complexity index is 827. The SMILES string of the molecule is CCCCCCOc1ccccc1C(=O)Nc1ccc(C(=O)N2CCCCC2)cc1. The number of likely N-dealkylation sites (tertiary alicyclic amines) is 1. The molecule has 0 bridgehead atoms. The molecule has 1 N–H and O–H groups in total. The molecule has 1 aliphatic rings. The number of piperidine rings is 1. The number of hydrogen-bond donors (Lipinski definition) is 1. The van der Waals surface area contributed by atoms with Crippen LogP contribution in [-0.4, -0.2) is 36.4 Å². The molecule has 3 rings (SSSR count). The Morgan fingerprint density at radius 1 is 0.933 bits per heavy atom. The molecule has 5 nitrogen and oxygen atoms in total. The normalized spacial score (nSPS) is 13.7. The molecule has 2 aromatic carbocycles. The average molecular weight is 409 g/mol. The Labute approximate surface area is 179 Å². The quantitative estimate of drug-likeness (QED) is 0.556. The van der Waals surface area contributed by atoms with Crippen molar-refractivity contribution in [3.63, 3.8) is 0 Å². The predicted molar refractivity (Wildman–Crippen MR) is 120 cm³/mol. The van der Waals surface area contributed by atoms with Crippen LogP contribution in [0.3, 0.4) is 0 Å². The Morgan fingerprint density at radius 3 is 2.40 bits per heavy atom. The number of para-hydroxylation sites is 1. The van der Waals surface area contributed by atoms with Gasteiger partial charge in [-0.05, 0) is 62.1 Å². The molecule has 0 aromatic heterocycles. The van der Waals surface area contributed by atoms with Crippen molar-refractivity contribution in [2.75, 3.05) is 25.0 Å². The molecule has 1 aliphatic heterocycles. The third-order valence-electron chi connectivity index (χ3n) is 5.42. The molecule has 1 saturated heterocycles. The summed E-state index contributed by atoms with van der Waals surface area (Å²) in [5.41, 5.74) is 1.83. The van der Waals surface area contributed by atoms with E-state index in [0.29, 0.717) is 29.2 Å². The van der Waals surface area contributed by atoms with Gasteiger partial charge in [0, 0.05) is 24.3 Å². The maximum atomic E-state index is 12.8. The van der Waals surface area contributed by atoms with Gasteiger partial charge in [0.05, 0.1) is 12.2 Å². The lowest BCUT2D eigenvalue weighted by Crippen LogP contribution is -2.35. The van der Waals surface area contributed by atoms with Gasteiger partial charge in [-0.25, -0.2) is 0 Å². The molecule has 30 heavy (non-hydrogen) atoms. The van der Waals surface area contributed by atoms with Crippen LogP contribution in [0, 0.1) is 0 Å². The fourth-order valence-corrected chi connectivity index (χ4v) is 3.67. The summed E-state index contributed by atoms with van der Waals surface area (Å²) in [6.45, 7) is 4.44. The Kier molecular flexibility index (Phi) is 8.30. The zero-order valence-corrected chi connectivity index (χ0v) is 17.9. The van der Waals surface area contributed by atoms with Crippen molar-refractivity contribution >= 4 is 17.5 Å². The summed E-state index contributed by atoms with van der Waals surface area (Å²) in [7, 11) is 0. The second kappa shape index (κ2) is 11.4. The van der Waals surface area contributed by atoms with E-state index in [1.54, 1.807) is 30.3 Å². The second-order valence-electron chi connectivity index (χ2n) is 7.79. The molecule has 0 spiro atoms. The Balaban J connectivity index is 1.58. The molecule has 1 heterocycles. The maximum absolute atomic E-state index is 12.8. The van der Waals surface area contributed by atoms with Gasteiger partial charge in [0.1, 0.15) is 5.75 Å². The zero-order chi connectivity index (χ0) is 21.2. The molecule has 1 fully saturated rings. The van der Waals surface area contributed by atoms with Gasteiger partial charge in [-0.1, -0.05) is 38.3 Å².